The first-order chi connectivity index (χ1) is 11.1. The number of hydrogen-bond donors (Lipinski definition) is 1. The number of carbonyl (C=O) groups excluding carboxylic acids is 1. The van der Waals surface area contributed by atoms with Gasteiger partial charge in [0.15, 0.2) is 16.8 Å². The van der Waals surface area contributed by atoms with E-state index in [2.05, 4.69) is 10.2 Å². The lowest BCUT2D eigenvalue weighted by molar-refractivity contribution is -0.112. The van der Waals surface area contributed by atoms with Gasteiger partial charge in [-0.2, -0.15) is 5.26 Å². The summed E-state index contributed by atoms with van der Waals surface area (Å²) in [7, 11) is 0. The van der Waals surface area contributed by atoms with Crippen LogP contribution in [0.3, 0.4) is 0 Å². The van der Waals surface area contributed by atoms with Gasteiger partial charge in [-0.3, -0.25) is 4.79 Å². The zero-order valence-corrected chi connectivity index (χ0v) is 13.8. The fraction of sp³-hybridized carbons (Fsp3) is 0.250. The van der Waals surface area contributed by atoms with Crippen molar-refractivity contribution in [3.63, 3.8) is 0 Å². The van der Waals surface area contributed by atoms with E-state index in [0.717, 1.165) is 11.4 Å². The van der Waals surface area contributed by atoms with Crippen LogP contribution in [0.4, 0.5) is 0 Å². The maximum atomic E-state index is 12.0. The van der Waals surface area contributed by atoms with E-state index in [-0.39, 0.29) is 22.8 Å². The summed E-state index contributed by atoms with van der Waals surface area (Å²) in [6, 6.07) is 11.6. The normalized spacial score (nSPS) is 11.7. The van der Waals surface area contributed by atoms with Crippen molar-refractivity contribution in [1.82, 2.24) is 14.8 Å². The number of benzene rings is 1. The zero-order valence-electron chi connectivity index (χ0n) is 13.0. The molecule has 0 saturated carbocycles. The Kier molecular flexibility index (Phi) is 5.55. The second-order valence-electron chi connectivity index (χ2n) is 4.80. The molecule has 0 spiro atoms. The molecule has 0 aliphatic rings. The van der Waals surface area contributed by atoms with Crippen LogP contribution < -0.4 is 5.73 Å². The number of carbonyl (C=O) groups is 1. The third-order valence-electron chi connectivity index (χ3n) is 3.18. The van der Waals surface area contributed by atoms with Gasteiger partial charge in [0.2, 0.25) is 0 Å². The quantitative estimate of drug-likeness (QED) is 0.497. The molecule has 2 rings (SSSR count). The number of allylic oxidation sites excluding steroid dienone is 2. The standard InChI is InChI=1S/C16H17N5OS/c1-3-21-15(12-7-5-4-6-8-12)19-20-16(21)23-10-14(22)13(9-17)11(2)18/h4-8H,3,10,18H2,1-2H3/b13-11-. The molecular weight excluding hydrogens is 310 g/mol. The molecule has 1 aromatic carbocycles. The van der Waals surface area contributed by atoms with Crippen molar-refractivity contribution >= 4 is 17.5 Å². The zero-order chi connectivity index (χ0) is 16.8. The van der Waals surface area contributed by atoms with Gasteiger partial charge in [0, 0.05) is 17.8 Å². The van der Waals surface area contributed by atoms with E-state index in [9.17, 15) is 4.79 Å². The Morgan fingerprint density at radius 3 is 2.61 bits per heavy atom. The fourth-order valence-corrected chi connectivity index (χ4v) is 2.93. The van der Waals surface area contributed by atoms with Crippen LogP contribution in [0.2, 0.25) is 0 Å². The van der Waals surface area contributed by atoms with Gasteiger partial charge in [-0.15, -0.1) is 10.2 Å². The molecule has 1 aromatic heterocycles. The molecule has 7 heteroatoms. The van der Waals surface area contributed by atoms with E-state index in [4.69, 9.17) is 11.0 Å². The Morgan fingerprint density at radius 1 is 1.35 bits per heavy atom. The number of nitrogens with two attached hydrogens (primary N) is 1. The molecule has 0 atom stereocenters. The highest BCUT2D eigenvalue weighted by molar-refractivity contribution is 7.99. The van der Waals surface area contributed by atoms with Crippen LogP contribution in [0, 0.1) is 11.3 Å². The topological polar surface area (TPSA) is 97.6 Å². The number of nitriles is 1. The highest BCUT2D eigenvalue weighted by atomic mass is 32.2. The van der Waals surface area contributed by atoms with Crippen molar-refractivity contribution < 1.29 is 4.79 Å². The van der Waals surface area contributed by atoms with Crippen molar-refractivity contribution in [1.29, 1.82) is 5.26 Å². The molecule has 0 aliphatic carbocycles. The minimum Gasteiger partial charge on any atom is -0.401 e. The highest BCUT2D eigenvalue weighted by Crippen LogP contribution is 2.24. The summed E-state index contributed by atoms with van der Waals surface area (Å²) < 4.78 is 1.94. The van der Waals surface area contributed by atoms with Gasteiger partial charge in [-0.1, -0.05) is 42.1 Å². The van der Waals surface area contributed by atoms with Gasteiger partial charge in [0.25, 0.3) is 0 Å². The van der Waals surface area contributed by atoms with E-state index in [1.165, 1.54) is 11.8 Å². The molecule has 6 nitrogen and oxygen atoms in total. The SMILES string of the molecule is CCn1c(SCC(=O)/C(C#N)=C(/C)N)nnc1-c1ccccc1. The van der Waals surface area contributed by atoms with Crippen LogP contribution in [-0.4, -0.2) is 26.3 Å². The van der Waals surface area contributed by atoms with E-state index in [1.54, 1.807) is 6.92 Å². The number of nitrogens with zero attached hydrogens (tertiary/aromatic N) is 4. The van der Waals surface area contributed by atoms with Crippen LogP contribution in [0.15, 0.2) is 46.8 Å². The fourth-order valence-electron chi connectivity index (χ4n) is 2.05. The number of hydrogen-bond acceptors (Lipinski definition) is 6. The molecule has 1 heterocycles. The first kappa shape index (κ1) is 16.8. The Morgan fingerprint density at radius 2 is 2.04 bits per heavy atom. The Balaban J connectivity index is 2.20. The monoisotopic (exact) mass is 327 g/mol. The molecule has 0 aliphatic heterocycles. The average molecular weight is 327 g/mol. The third-order valence-corrected chi connectivity index (χ3v) is 4.15. The van der Waals surface area contributed by atoms with Crippen molar-refractivity contribution in [2.24, 2.45) is 5.73 Å². The van der Waals surface area contributed by atoms with Crippen molar-refractivity contribution in [3.8, 4) is 17.5 Å². The van der Waals surface area contributed by atoms with Crippen molar-refractivity contribution in [3.05, 3.63) is 41.6 Å². The van der Waals surface area contributed by atoms with E-state index in [0.29, 0.717) is 11.7 Å². The predicted octanol–water partition coefficient (Wildman–Crippen LogP) is 2.38. The van der Waals surface area contributed by atoms with E-state index >= 15 is 0 Å². The Hall–Kier alpha value is -2.59. The van der Waals surface area contributed by atoms with Gasteiger partial charge >= 0.3 is 0 Å². The van der Waals surface area contributed by atoms with E-state index in [1.807, 2.05) is 47.9 Å². The number of rotatable bonds is 6. The highest BCUT2D eigenvalue weighted by Gasteiger charge is 2.17. The molecule has 0 unspecified atom stereocenters. The molecule has 2 aromatic rings. The van der Waals surface area contributed by atoms with Gasteiger partial charge in [-0.25, -0.2) is 0 Å². The summed E-state index contributed by atoms with van der Waals surface area (Å²) in [6.45, 7) is 4.22. The lowest BCUT2D eigenvalue weighted by atomic mass is 10.2. The number of Topliss-reactive ketones (excluding diaryl/α,β-unsaturated/α-hetero) is 1. The van der Waals surface area contributed by atoms with Crippen molar-refractivity contribution in [2.45, 2.75) is 25.5 Å². The molecule has 0 amide bonds. The smallest absolute Gasteiger partial charge is 0.191 e. The summed E-state index contributed by atoms with van der Waals surface area (Å²) in [5, 5.41) is 18.0. The maximum Gasteiger partial charge on any atom is 0.191 e. The van der Waals surface area contributed by atoms with Gasteiger partial charge in [-0.05, 0) is 13.8 Å². The largest absolute Gasteiger partial charge is 0.401 e. The number of ketones is 1. The minimum absolute atomic E-state index is 0.00310. The van der Waals surface area contributed by atoms with Gasteiger partial charge in [0.1, 0.15) is 11.6 Å². The van der Waals surface area contributed by atoms with E-state index < -0.39 is 0 Å². The summed E-state index contributed by atoms with van der Waals surface area (Å²) in [4.78, 5) is 12.0. The Labute approximate surface area is 139 Å². The summed E-state index contributed by atoms with van der Waals surface area (Å²) in [5.74, 6) is 0.559. The second-order valence-corrected chi connectivity index (χ2v) is 5.74. The van der Waals surface area contributed by atoms with Crippen molar-refractivity contribution in [2.75, 3.05) is 5.75 Å². The lowest BCUT2D eigenvalue weighted by Gasteiger charge is -2.07. The molecule has 118 valence electrons. The third kappa shape index (κ3) is 3.79. The predicted molar refractivity (Wildman–Crippen MR) is 89.4 cm³/mol. The average Bonchev–Trinajstić information content (AvgIpc) is 2.97. The molecule has 0 saturated heterocycles. The number of thioether (sulfide) groups is 1. The Bertz CT molecular complexity index is 770. The van der Waals surface area contributed by atoms with Gasteiger partial charge < -0.3 is 10.3 Å². The minimum atomic E-state index is -0.301. The lowest BCUT2D eigenvalue weighted by Crippen LogP contribution is -2.11. The van der Waals surface area contributed by atoms with Gasteiger partial charge in [0.05, 0.1) is 5.75 Å². The molecule has 0 bridgehead atoms. The second kappa shape index (κ2) is 7.61. The summed E-state index contributed by atoms with van der Waals surface area (Å²) >= 11 is 1.26. The van der Waals surface area contributed by atoms with Crippen LogP contribution >= 0.6 is 11.8 Å². The molecule has 2 N–H and O–H groups in total. The summed E-state index contributed by atoms with van der Waals surface area (Å²) in [5.41, 5.74) is 6.75. The molecule has 0 radical (unpaired) electrons. The maximum absolute atomic E-state index is 12.0. The molecule has 0 fully saturated rings. The molecular formula is C16H17N5OS. The van der Waals surface area contributed by atoms with Crippen LogP contribution in [-0.2, 0) is 11.3 Å². The van der Waals surface area contributed by atoms with Crippen LogP contribution in [0.1, 0.15) is 13.8 Å². The first-order valence-corrected chi connectivity index (χ1v) is 8.08. The van der Waals surface area contributed by atoms with Crippen LogP contribution in [0.5, 0.6) is 0 Å². The molecule has 23 heavy (non-hydrogen) atoms. The first-order valence-electron chi connectivity index (χ1n) is 7.09. The number of aromatic nitrogens is 3. The van der Waals surface area contributed by atoms with Crippen LogP contribution in [0.25, 0.3) is 11.4 Å². The summed E-state index contributed by atoms with van der Waals surface area (Å²) in [6.07, 6.45) is 0.